The van der Waals surface area contributed by atoms with Crippen LogP contribution in [0, 0.1) is 10.1 Å². The molecule has 3 heterocycles. The fraction of sp³-hybridized carbons (Fsp3) is 0.108. The van der Waals surface area contributed by atoms with Crippen LogP contribution in [0.5, 0.6) is 0 Å². The smallest absolute Gasteiger partial charge is 0.338 e. The summed E-state index contributed by atoms with van der Waals surface area (Å²) >= 11 is 16.1. The molecule has 0 amide bonds. The largest absolute Gasteiger partial charge is 0.463 e. The normalized spacial score (nSPS) is 14.2. The first kappa shape index (κ1) is 36.4. The van der Waals surface area contributed by atoms with E-state index < -0.39 is 22.5 Å². The number of rotatable bonds is 10. The molecule has 0 saturated heterocycles. The molecule has 6 aromatic rings. The van der Waals surface area contributed by atoms with Gasteiger partial charge in [-0.3, -0.25) is 24.6 Å². The van der Waals surface area contributed by atoms with Crippen molar-refractivity contribution in [3.05, 3.63) is 153 Å². The standard InChI is InChI=1S/C37H26Cl2N6O5S3/c1-3-50-35(47)30-31(21-7-5-4-6-8-21)40-37-44(32(30)22-10-13-24(51-2)14-11-22)34(46)29(53-37)18-20-9-16-28(27(17-20)45(48)49)52-36-41-33(42-43-36)25-15-12-23(38)19-26(25)39/h4-19,32H,3H2,1-2H3,(H,41,42,43)/b29-18+/t32-/m1/s1. The van der Waals surface area contributed by atoms with Gasteiger partial charge in [0, 0.05) is 27.1 Å². The van der Waals surface area contributed by atoms with Gasteiger partial charge in [0.2, 0.25) is 5.16 Å². The molecule has 16 heteroatoms. The number of ether oxygens (including phenoxy) is 1. The summed E-state index contributed by atoms with van der Waals surface area (Å²) in [5.41, 5.74) is 2.42. The zero-order valence-corrected chi connectivity index (χ0v) is 31.7. The Labute approximate surface area is 324 Å². The van der Waals surface area contributed by atoms with Crippen molar-refractivity contribution in [1.29, 1.82) is 0 Å². The SMILES string of the molecule is CCOC(=O)C1=C(c2ccccc2)N=c2s/c(=C/c3ccc(Sc4n[nH]c(-c5ccc(Cl)cc5Cl)n4)c([N+](=O)[O-])c3)c(=O)n2[C@@H]1c1ccc(SC)cc1. The highest BCUT2D eigenvalue weighted by Crippen LogP contribution is 2.37. The van der Waals surface area contributed by atoms with Crippen LogP contribution in [0.2, 0.25) is 10.0 Å². The lowest BCUT2D eigenvalue weighted by atomic mass is 9.93. The maximum atomic E-state index is 14.3. The summed E-state index contributed by atoms with van der Waals surface area (Å²) in [6.45, 7) is 1.86. The van der Waals surface area contributed by atoms with Gasteiger partial charge in [-0.25, -0.2) is 14.8 Å². The summed E-state index contributed by atoms with van der Waals surface area (Å²) in [6, 6.07) is 25.7. The predicted molar refractivity (Wildman–Crippen MR) is 208 cm³/mol. The van der Waals surface area contributed by atoms with E-state index in [0.717, 1.165) is 28.0 Å². The van der Waals surface area contributed by atoms with Crippen LogP contribution in [-0.2, 0) is 9.53 Å². The van der Waals surface area contributed by atoms with Gasteiger partial charge in [0.1, 0.15) is 0 Å². The molecule has 53 heavy (non-hydrogen) atoms. The number of thiazole rings is 1. The second-order valence-corrected chi connectivity index (χ2v) is 15.1. The van der Waals surface area contributed by atoms with E-state index in [-0.39, 0.29) is 27.6 Å². The predicted octanol–water partition coefficient (Wildman–Crippen LogP) is 7.81. The number of hydrogen-bond donors (Lipinski definition) is 1. The zero-order chi connectivity index (χ0) is 37.2. The third-order valence-electron chi connectivity index (χ3n) is 8.14. The minimum Gasteiger partial charge on any atom is -0.463 e. The number of aromatic nitrogens is 4. The number of halogens is 2. The fourth-order valence-corrected chi connectivity index (χ4v) is 8.45. The topological polar surface area (TPSA) is 145 Å². The number of carbonyl (C=O) groups is 1. The number of nitrogens with one attached hydrogen (secondary N) is 1. The number of H-pyrrole nitrogens is 1. The van der Waals surface area contributed by atoms with Crippen LogP contribution < -0.4 is 14.9 Å². The summed E-state index contributed by atoms with van der Waals surface area (Å²) < 4.78 is 7.32. The van der Waals surface area contributed by atoms with E-state index in [1.54, 1.807) is 55.1 Å². The maximum absolute atomic E-state index is 14.3. The first-order valence-electron chi connectivity index (χ1n) is 15.9. The van der Waals surface area contributed by atoms with E-state index in [1.165, 1.54) is 10.6 Å². The van der Waals surface area contributed by atoms with E-state index in [0.29, 0.717) is 53.5 Å². The molecule has 2 aromatic heterocycles. The lowest BCUT2D eigenvalue weighted by molar-refractivity contribution is -0.387. The van der Waals surface area contributed by atoms with Crippen molar-refractivity contribution in [3.8, 4) is 11.4 Å². The first-order valence-corrected chi connectivity index (χ1v) is 19.5. The van der Waals surface area contributed by atoms with Gasteiger partial charge in [-0.1, -0.05) is 83.1 Å². The highest BCUT2D eigenvalue weighted by atomic mass is 35.5. The Morgan fingerprint density at radius 2 is 1.85 bits per heavy atom. The molecule has 4 aromatic carbocycles. The van der Waals surface area contributed by atoms with E-state index >= 15 is 0 Å². The van der Waals surface area contributed by atoms with E-state index in [1.807, 2.05) is 60.9 Å². The van der Waals surface area contributed by atoms with Crippen LogP contribution in [0.4, 0.5) is 5.69 Å². The molecule has 1 aliphatic heterocycles. The van der Waals surface area contributed by atoms with Crippen molar-refractivity contribution in [1.82, 2.24) is 19.7 Å². The molecule has 1 atom stereocenters. The van der Waals surface area contributed by atoms with Gasteiger partial charge in [0.05, 0.1) is 43.3 Å². The van der Waals surface area contributed by atoms with Gasteiger partial charge in [0.15, 0.2) is 10.6 Å². The van der Waals surface area contributed by atoms with Gasteiger partial charge in [-0.2, -0.15) is 0 Å². The second kappa shape index (κ2) is 15.5. The summed E-state index contributed by atoms with van der Waals surface area (Å²) in [4.78, 5) is 50.8. The summed E-state index contributed by atoms with van der Waals surface area (Å²) in [6.07, 6.45) is 3.55. The van der Waals surface area contributed by atoms with Crippen LogP contribution in [0.25, 0.3) is 23.2 Å². The minimum atomic E-state index is -0.847. The summed E-state index contributed by atoms with van der Waals surface area (Å²) in [5.74, 6) is -0.203. The highest BCUT2D eigenvalue weighted by Gasteiger charge is 2.35. The Bertz CT molecular complexity index is 2610. The van der Waals surface area contributed by atoms with Gasteiger partial charge in [0.25, 0.3) is 11.2 Å². The van der Waals surface area contributed by atoms with E-state index in [9.17, 15) is 19.7 Å². The van der Waals surface area contributed by atoms with Crippen molar-refractivity contribution in [2.75, 3.05) is 12.9 Å². The molecule has 0 unspecified atom stereocenters. The van der Waals surface area contributed by atoms with Crippen LogP contribution >= 0.6 is 58.1 Å². The van der Waals surface area contributed by atoms with Crippen LogP contribution in [-0.4, -0.2) is 43.5 Å². The van der Waals surface area contributed by atoms with Gasteiger partial charge in [-0.15, -0.1) is 16.9 Å². The highest BCUT2D eigenvalue weighted by molar-refractivity contribution is 7.99. The van der Waals surface area contributed by atoms with E-state index in [2.05, 4.69) is 15.2 Å². The molecule has 1 N–H and O–H groups in total. The number of thioether (sulfide) groups is 1. The molecule has 0 fully saturated rings. The average Bonchev–Trinajstić information content (AvgIpc) is 3.75. The number of esters is 1. The number of hydrogen-bond acceptors (Lipinski definition) is 11. The molecular formula is C37H26Cl2N6O5S3. The Morgan fingerprint density at radius 1 is 1.08 bits per heavy atom. The Kier molecular flexibility index (Phi) is 10.7. The molecule has 0 saturated carbocycles. The monoisotopic (exact) mass is 800 g/mol. The molecule has 0 spiro atoms. The Balaban J connectivity index is 1.31. The summed E-state index contributed by atoms with van der Waals surface area (Å²) in [7, 11) is 0. The third-order valence-corrected chi connectivity index (χ3v) is 11.3. The number of nitrogens with zero attached hydrogens (tertiary/aromatic N) is 5. The number of aromatic amines is 1. The number of fused-ring (bicyclic) bond motifs is 1. The quantitative estimate of drug-likeness (QED) is 0.0635. The van der Waals surface area contributed by atoms with Gasteiger partial charge >= 0.3 is 5.97 Å². The molecule has 266 valence electrons. The lowest BCUT2D eigenvalue weighted by Crippen LogP contribution is -2.40. The van der Waals surface area contributed by atoms with E-state index in [4.69, 9.17) is 32.9 Å². The molecule has 0 aliphatic carbocycles. The van der Waals surface area contributed by atoms with Crippen LogP contribution in [0.15, 0.2) is 121 Å². The van der Waals surface area contributed by atoms with Gasteiger partial charge < -0.3 is 4.74 Å². The number of nitro groups is 1. The van der Waals surface area contributed by atoms with Crippen molar-refractivity contribution in [3.63, 3.8) is 0 Å². The first-order chi connectivity index (χ1) is 25.6. The number of nitro benzene ring substituents is 1. The van der Waals surface area contributed by atoms with Crippen molar-refractivity contribution >= 4 is 81.5 Å². The Hall–Kier alpha value is -4.99. The number of carbonyl (C=O) groups excluding carboxylic acids is 1. The Morgan fingerprint density at radius 3 is 2.55 bits per heavy atom. The van der Waals surface area contributed by atoms with Gasteiger partial charge in [-0.05, 0) is 78.5 Å². The van der Waals surface area contributed by atoms with Crippen molar-refractivity contribution in [2.45, 2.75) is 27.9 Å². The molecule has 0 radical (unpaired) electrons. The maximum Gasteiger partial charge on any atom is 0.338 e. The van der Waals surface area contributed by atoms with Crippen molar-refractivity contribution in [2.24, 2.45) is 4.99 Å². The minimum absolute atomic E-state index is 0.133. The lowest BCUT2D eigenvalue weighted by Gasteiger charge is -2.26. The van der Waals surface area contributed by atoms with Crippen molar-refractivity contribution < 1.29 is 14.5 Å². The third kappa shape index (κ3) is 7.46. The molecule has 0 bridgehead atoms. The molecule has 11 nitrogen and oxygen atoms in total. The number of benzene rings is 4. The second-order valence-electron chi connectivity index (χ2n) is 11.4. The summed E-state index contributed by atoms with van der Waals surface area (Å²) in [5, 5.41) is 20.4. The molecular weight excluding hydrogens is 776 g/mol. The molecule has 1 aliphatic rings. The van der Waals surface area contributed by atoms with Crippen LogP contribution in [0.1, 0.15) is 29.7 Å². The average molecular weight is 802 g/mol. The molecule has 7 rings (SSSR count). The zero-order valence-electron chi connectivity index (χ0n) is 27.8. The van der Waals surface area contributed by atoms with Crippen LogP contribution in [0.3, 0.4) is 0 Å². The fourth-order valence-electron chi connectivity index (χ4n) is 5.74.